The second-order valence-electron chi connectivity index (χ2n) is 3.51. The van der Waals surface area contributed by atoms with E-state index in [9.17, 15) is 0 Å². The van der Waals surface area contributed by atoms with Gasteiger partial charge in [0.2, 0.25) is 0 Å². The van der Waals surface area contributed by atoms with Gasteiger partial charge in [-0.15, -0.1) is 0 Å². The van der Waals surface area contributed by atoms with Crippen molar-refractivity contribution in [3.8, 4) is 0 Å². The average Bonchev–Trinajstić information content (AvgIpc) is 2.17. The first kappa shape index (κ1) is 12.9. The van der Waals surface area contributed by atoms with Gasteiger partial charge in [-0.1, -0.05) is 20.3 Å². The van der Waals surface area contributed by atoms with Crippen molar-refractivity contribution in [2.45, 2.75) is 38.6 Å². The Bertz CT molecular complexity index is 113. The van der Waals surface area contributed by atoms with E-state index in [0.29, 0.717) is 6.54 Å². The van der Waals surface area contributed by atoms with Crippen LogP contribution in [0.25, 0.3) is 0 Å². The number of ether oxygens (including phenoxy) is 1. The van der Waals surface area contributed by atoms with Crippen molar-refractivity contribution in [1.29, 1.82) is 0 Å². The number of hydrogen-bond acceptors (Lipinski definition) is 3. The minimum Gasteiger partial charge on any atom is -0.383 e. The summed E-state index contributed by atoms with van der Waals surface area (Å²) in [5, 5.41) is 3.48. The Morgan fingerprint density at radius 3 is 2.46 bits per heavy atom. The van der Waals surface area contributed by atoms with Crippen molar-refractivity contribution >= 4 is 0 Å². The lowest BCUT2D eigenvalue weighted by Gasteiger charge is -2.32. The lowest BCUT2D eigenvalue weighted by atomic mass is 9.91. The Balaban J connectivity index is 3.89. The summed E-state index contributed by atoms with van der Waals surface area (Å²) in [6.45, 7) is 6.73. The Labute approximate surface area is 82.0 Å². The molecule has 3 heteroatoms. The standard InChI is InChI=1S/C10H24N2O/c1-4-6-10(5-2,9-11)12-7-8-13-3/h12H,4-9,11H2,1-3H3. The first-order valence-electron chi connectivity index (χ1n) is 5.18. The van der Waals surface area contributed by atoms with Crippen LogP contribution in [-0.4, -0.2) is 32.3 Å². The number of hydrogen-bond donors (Lipinski definition) is 2. The summed E-state index contributed by atoms with van der Waals surface area (Å²) >= 11 is 0. The molecule has 80 valence electrons. The molecule has 0 aromatic rings. The van der Waals surface area contributed by atoms with Gasteiger partial charge in [-0.05, 0) is 12.8 Å². The van der Waals surface area contributed by atoms with Crippen LogP contribution in [0.15, 0.2) is 0 Å². The second-order valence-corrected chi connectivity index (χ2v) is 3.51. The van der Waals surface area contributed by atoms with Gasteiger partial charge < -0.3 is 15.8 Å². The molecule has 0 saturated carbocycles. The van der Waals surface area contributed by atoms with Gasteiger partial charge in [0.15, 0.2) is 0 Å². The zero-order valence-electron chi connectivity index (χ0n) is 9.23. The summed E-state index contributed by atoms with van der Waals surface area (Å²) in [5.41, 5.74) is 5.92. The van der Waals surface area contributed by atoms with E-state index >= 15 is 0 Å². The van der Waals surface area contributed by atoms with E-state index in [-0.39, 0.29) is 5.54 Å². The van der Waals surface area contributed by atoms with Crippen LogP contribution in [0, 0.1) is 0 Å². The van der Waals surface area contributed by atoms with E-state index in [1.54, 1.807) is 7.11 Å². The van der Waals surface area contributed by atoms with Gasteiger partial charge in [-0.2, -0.15) is 0 Å². The first-order valence-corrected chi connectivity index (χ1v) is 5.18. The molecule has 3 N–H and O–H groups in total. The molecule has 0 aliphatic carbocycles. The summed E-state index contributed by atoms with van der Waals surface area (Å²) in [5.74, 6) is 0. The highest BCUT2D eigenvalue weighted by atomic mass is 16.5. The molecule has 1 unspecified atom stereocenters. The Hall–Kier alpha value is -0.120. The van der Waals surface area contributed by atoms with Crippen LogP contribution in [0.3, 0.4) is 0 Å². The zero-order valence-corrected chi connectivity index (χ0v) is 9.23. The average molecular weight is 188 g/mol. The molecule has 0 bridgehead atoms. The summed E-state index contributed by atoms with van der Waals surface area (Å²) in [7, 11) is 1.72. The molecule has 3 nitrogen and oxygen atoms in total. The minimum atomic E-state index is 0.132. The number of methoxy groups -OCH3 is 1. The van der Waals surface area contributed by atoms with Gasteiger partial charge in [0.05, 0.1) is 6.61 Å². The van der Waals surface area contributed by atoms with E-state index < -0.39 is 0 Å². The van der Waals surface area contributed by atoms with Crippen molar-refractivity contribution in [2.24, 2.45) is 5.73 Å². The van der Waals surface area contributed by atoms with E-state index in [4.69, 9.17) is 10.5 Å². The fourth-order valence-corrected chi connectivity index (χ4v) is 1.61. The normalized spacial score (nSPS) is 15.7. The summed E-state index contributed by atoms with van der Waals surface area (Å²) in [6, 6.07) is 0. The van der Waals surface area contributed by atoms with Crippen molar-refractivity contribution in [1.82, 2.24) is 5.32 Å². The van der Waals surface area contributed by atoms with Crippen LogP contribution in [0.2, 0.25) is 0 Å². The van der Waals surface area contributed by atoms with Gasteiger partial charge in [0.25, 0.3) is 0 Å². The first-order chi connectivity index (χ1) is 6.24. The van der Waals surface area contributed by atoms with E-state index in [0.717, 1.165) is 26.0 Å². The molecule has 0 fully saturated rings. The summed E-state index contributed by atoms with van der Waals surface area (Å²) in [6.07, 6.45) is 3.40. The van der Waals surface area contributed by atoms with Gasteiger partial charge in [0.1, 0.15) is 0 Å². The molecule has 0 spiro atoms. The molecule has 0 saturated heterocycles. The molecular weight excluding hydrogens is 164 g/mol. The van der Waals surface area contributed by atoms with Crippen LogP contribution in [0.4, 0.5) is 0 Å². The highest BCUT2D eigenvalue weighted by Gasteiger charge is 2.23. The largest absolute Gasteiger partial charge is 0.383 e. The van der Waals surface area contributed by atoms with Crippen molar-refractivity contribution < 1.29 is 4.74 Å². The number of rotatable bonds is 8. The smallest absolute Gasteiger partial charge is 0.0587 e. The predicted molar refractivity (Wildman–Crippen MR) is 56.9 cm³/mol. The van der Waals surface area contributed by atoms with E-state index in [1.165, 1.54) is 6.42 Å². The van der Waals surface area contributed by atoms with Crippen LogP contribution in [0.1, 0.15) is 33.1 Å². The fourth-order valence-electron chi connectivity index (χ4n) is 1.61. The molecule has 0 aliphatic heterocycles. The SMILES string of the molecule is CCCC(CC)(CN)NCCOC. The quantitative estimate of drug-likeness (QED) is 0.561. The minimum absolute atomic E-state index is 0.132. The Kier molecular flexibility index (Phi) is 7.23. The van der Waals surface area contributed by atoms with Gasteiger partial charge >= 0.3 is 0 Å². The molecule has 0 aliphatic rings. The lowest BCUT2D eigenvalue weighted by Crippen LogP contribution is -2.51. The molecule has 1 atom stereocenters. The molecule has 0 aromatic heterocycles. The Morgan fingerprint density at radius 2 is 2.08 bits per heavy atom. The fraction of sp³-hybridized carbons (Fsp3) is 1.00. The predicted octanol–water partition coefficient (Wildman–Crippen LogP) is 1.13. The highest BCUT2D eigenvalue weighted by molar-refractivity contribution is 4.87. The van der Waals surface area contributed by atoms with Crippen molar-refractivity contribution in [2.75, 3.05) is 26.8 Å². The van der Waals surface area contributed by atoms with Gasteiger partial charge in [0, 0.05) is 25.7 Å². The number of nitrogens with two attached hydrogens (primary N) is 1. The molecule has 0 radical (unpaired) electrons. The Morgan fingerprint density at radius 1 is 1.38 bits per heavy atom. The van der Waals surface area contributed by atoms with Gasteiger partial charge in [-0.25, -0.2) is 0 Å². The van der Waals surface area contributed by atoms with Gasteiger partial charge in [-0.3, -0.25) is 0 Å². The van der Waals surface area contributed by atoms with Crippen LogP contribution in [-0.2, 0) is 4.74 Å². The second kappa shape index (κ2) is 7.30. The molecular formula is C10H24N2O. The van der Waals surface area contributed by atoms with Crippen molar-refractivity contribution in [3.63, 3.8) is 0 Å². The zero-order chi connectivity index (χ0) is 10.2. The summed E-state index contributed by atoms with van der Waals surface area (Å²) in [4.78, 5) is 0. The monoisotopic (exact) mass is 188 g/mol. The molecule has 0 amide bonds. The molecule has 13 heavy (non-hydrogen) atoms. The highest BCUT2D eigenvalue weighted by Crippen LogP contribution is 2.15. The molecule has 0 rings (SSSR count). The van der Waals surface area contributed by atoms with Crippen LogP contribution in [0.5, 0.6) is 0 Å². The van der Waals surface area contributed by atoms with Crippen LogP contribution < -0.4 is 11.1 Å². The van der Waals surface area contributed by atoms with E-state index in [2.05, 4.69) is 19.2 Å². The maximum Gasteiger partial charge on any atom is 0.0587 e. The lowest BCUT2D eigenvalue weighted by molar-refractivity contribution is 0.180. The molecule has 0 heterocycles. The third-order valence-corrected chi connectivity index (χ3v) is 2.60. The maximum atomic E-state index is 5.78. The topological polar surface area (TPSA) is 47.3 Å². The van der Waals surface area contributed by atoms with E-state index in [1.807, 2.05) is 0 Å². The maximum absolute atomic E-state index is 5.78. The van der Waals surface area contributed by atoms with Crippen molar-refractivity contribution in [3.05, 3.63) is 0 Å². The molecule has 0 aromatic carbocycles. The summed E-state index contributed by atoms with van der Waals surface area (Å²) < 4.78 is 5.00. The third-order valence-electron chi connectivity index (χ3n) is 2.60. The third kappa shape index (κ3) is 4.60. The number of nitrogens with one attached hydrogen (secondary N) is 1. The van der Waals surface area contributed by atoms with Crippen LogP contribution >= 0.6 is 0 Å².